The quantitative estimate of drug-likeness (QED) is 0.691. The lowest BCUT2D eigenvalue weighted by Crippen LogP contribution is -2.34. The monoisotopic (exact) mass is 181 g/mol. The van der Waals surface area contributed by atoms with E-state index in [0.717, 1.165) is 6.42 Å². The van der Waals surface area contributed by atoms with Crippen LogP contribution in [-0.2, 0) is 4.79 Å². The van der Waals surface area contributed by atoms with Crippen molar-refractivity contribution in [3.63, 3.8) is 0 Å². The fourth-order valence-corrected chi connectivity index (χ4v) is 1.31. The van der Waals surface area contributed by atoms with E-state index in [2.05, 4.69) is 0 Å². The summed E-state index contributed by atoms with van der Waals surface area (Å²) in [5, 5.41) is 8.66. The van der Waals surface area contributed by atoms with Gasteiger partial charge >= 0.3 is 0 Å². The molecule has 0 aromatic heterocycles. The van der Waals surface area contributed by atoms with E-state index >= 15 is 0 Å². The maximum absolute atomic E-state index is 11.6. The molecule has 72 valence electrons. The first-order valence-corrected chi connectivity index (χ1v) is 4.45. The molecule has 0 aromatic rings. The molecule has 1 atom stereocenters. The van der Waals surface area contributed by atoms with Gasteiger partial charge in [-0.15, -0.1) is 0 Å². The smallest absolute Gasteiger partial charge is 0.229 e. The van der Waals surface area contributed by atoms with Crippen LogP contribution in [0.2, 0.25) is 0 Å². The number of likely N-dealkylation sites (N-methyl/N-ethyl adjacent to an activating group) is 1. The van der Waals surface area contributed by atoms with Gasteiger partial charge in [0, 0.05) is 13.6 Å². The van der Waals surface area contributed by atoms with E-state index in [1.807, 2.05) is 24.3 Å². The summed E-state index contributed by atoms with van der Waals surface area (Å²) in [6.45, 7) is 0.432. The van der Waals surface area contributed by atoms with E-state index in [9.17, 15) is 4.79 Å². The predicted octanol–water partition coefficient (Wildman–Crippen LogP) is 0.569. The number of allylic oxidation sites excluding steroid dienone is 3. The molecule has 1 aliphatic rings. The molecule has 1 rings (SSSR count). The highest BCUT2D eigenvalue weighted by Crippen LogP contribution is 2.13. The lowest BCUT2D eigenvalue weighted by molar-refractivity contribution is -0.133. The normalized spacial score (nSPS) is 20.3. The highest BCUT2D eigenvalue weighted by atomic mass is 16.3. The number of aliphatic hydroxyl groups excluding tert-OH is 1. The Hall–Kier alpha value is -1.09. The zero-order valence-corrected chi connectivity index (χ0v) is 7.81. The summed E-state index contributed by atoms with van der Waals surface area (Å²) in [7, 11) is 1.71. The van der Waals surface area contributed by atoms with Gasteiger partial charge in [0.2, 0.25) is 5.91 Å². The van der Waals surface area contributed by atoms with Crippen LogP contribution in [0.15, 0.2) is 24.3 Å². The Kier molecular flexibility index (Phi) is 3.71. The van der Waals surface area contributed by atoms with Gasteiger partial charge in [-0.3, -0.25) is 4.79 Å². The van der Waals surface area contributed by atoms with Crippen LogP contribution in [-0.4, -0.2) is 36.1 Å². The van der Waals surface area contributed by atoms with Crippen molar-refractivity contribution in [2.24, 2.45) is 5.92 Å². The minimum atomic E-state index is -0.0402. The average Bonchev–Trinajstić information content (AvgIpc) is 2.18. The van der Waals surface area contributed by atoms with Crippen LogP contribution in [0.5, 0.6) is 0 Å². The first-order chi connectivity index (χ1) is 6.25. The lowest BCUT2D eigenvalue weighted by atomic mass is 9.99. The van der Waals surface area contributed by atoms with Crippen molar-refractivity contribution in [3.05, 3.63) is 24.3 Å². The lowest BCUT2D eigenvalue weighted by Gasteiger charge is -2.21. The van der Waals surface area contributed by atoms with Gasteiger partial charge in [0.25, 0.3) is 0 Å². The van der Waals surface area contributed by atoms with Crippen molar-refractivity contribution in [1.29, 1.82) is 0 Å². The topological polar surface area (TPSA) is 40.5 Å². The Morgan fingerprint density at radius 3 is 2.92 bits per heavy atom. The first-order valence-electron chi connectivity index (χ1n) is 4.45. The predicted molar refractivity (Wildman–Crippen MR) is 51.1 cm³/mol. The Labute approximate surface area is 78.4 Å². The van der Waals surface area contributed by atoms with Crippen molar-refractivity contribution in [1.82, 2.24) is 4.90 Å². The Balaban J connectivity index is 2.47. The molecule has 3 heteroatoms. The van der Waals surface area contributed by atoms with Gasteiger partial charge in [-0.2, -0.15) is 0 Å². The van der Waals surface area contributed by atoms with Crippen LogP contribution in [0.4, 0.5) is 0 Å². The summed E-state index contributed by atoms with van der Waals surface area (Å²) in [6, 6.07) is 0. The first kappa shape index (κ1) is 9.99. The number of aliphatic hydroxyl groups is 1. The molecular weight excluding hydrogens is 166 g/mol. The Bertz CT molecular complexity index is 233. The summed E-state index contributed by atoms with van der Waals surface area (Å²) in [4.78, 5) is 13.2. The molecule has 0 aliphatic heterocycles. The number of nitrogens with zero attached hydrogens (tertiary/aromatic N) is 1. The molecule has 3 nitrogen and oxygen atoms in total. The molecule has 1 unspecified atom stereocenters. The zero-order valence-electron chi connectivity index (χ0n) is 7.81. The summed E-state index contributed by atoms with van der Waals surface area (Å²) >= 11 is 0. The fraction of sp³-hybridized carbons (Fsp3) is 0.500. The van der Waals surface area contributed by atoms with Crippen molar-refractivity contribution in [2.45, 2.75) is 6.42 Å². The van der Waals surface area contributed by atoms with Gasteiger partial charge < -0.3 is 10.0 Å². The van der Waals surface area contributed by atoms with E-state index in [-0.39, 0.29) is 18.4 Å². The molecule has 0 aromatic carbocycles. The number of rotatable bonds is 3. The minimum Gasteiger partial charge on any atom is -0.395 e. The van der Waals surface area contributed by atoms with E-state index < -0.39 is 0 Å². The molecule has 0 spiro atoms. The molecule has 1 aliphatic carbocycles. The van der Waals surface area contributed by atoms with Gasteiger partial charge in [0.1, 0.15) is 0 Å². The Morgan fingerprint density at radius 2 is 2.38 bits per heavy atom. The van der Waals surface area contributed by atoms with E-state index in [1.54, 1.807) is 11.9 Å². The van der Waals surface area contributed by atoms with Crippen molar-refractivity contribution >= 4 is 5.91 Å². The van der Waals surface area contributed by atoms with Crippen molar-refractivity contribution in [2.75, 3.05) is 20.2 Å². The highest BCUT2D eigenvalue weighted by molar-refractivity contribution is 5.80. The molecule has 0 saturated heterocycles. The third-order valence-corrected chi connectivity index (χ3v) is 2.11. The van der Waals surface area contributed by atoms with E-state index in [4.69, 9.17) is 5.11 Å². The van der Waals surface area contributed by atoms with E-state index in [0.29, 0.717) is 6.54 Å². The number of hydrogen-bond acceptors (Lipinski definition) is 2. The molecule has 13 heavy (non-hydrogen) atoms. The largest absolute Gasteiger partial charge is 0.395 e. The molecule has 1 N–H and O–H groups in total. The van der Waals surface area contributed by atoms with Crippen LogP contribution in [0.1, 0.15) is 6.42 Å². The third-order valence-electron chi connectivity index (χ3n) is 2.11. The molecule has 0 saturated carbocycles. The van der Waals surface area contributed by atoms with Crippen LogP contribution < -0.4 is 0 Å². The minimum absolute atomic E-state index is 0.0223. The number of hydrogen-bond donors (Lipinski definition) is 1. The highest BCUT2D eigenvalue weighted by Gasteiger charge is 2.18. The summed E-state index contributed by atoms with van der Waals surface area (Å²) in [5.41, 5.74) is 0. The molecule has 0 radical (unpaired) electrons. The second-order valence-electron chi connectivity index (χ2n) is 3.14. The van der Waals surface area contributed by atoms with Gasteiger partial charge in [-0.05, 0) is 6.42 Å². The fourth-order valence-electron chi connectivity index (χ4n) is 1.31. The van der Waals surface area contributed by atoms with Crippen LogP contribution in [0.3, 0.4) is 0 Å². The van der Waals surface area contributed by atoms with Crippen LogP contribution >= 0.6 is 0 Å². The van der Waals surface area contributed by atoms with Crippen LogP contribution in [0, 0.1) is 5.92 Å². The molecular formula is C10H15NO2. The van der Waals surface area contributed by atoms with Gasteiger partial charge in [-0.25, -0.2) is 0 Å². The van der Waals surface area contributed by atoms with E-state index in [1.165, 1.54) is 0 Å². The second-order valence-corrected chi connectivity index (χ2v) is 3.14. The van der Waals surface area contributed by atoms with Gasteiger partial charge in [-0.1, -0.05) is 24.3 Å². The molecule has 1 amide bonds. The van der Waals surface area contributed by atoms with Gasteiger partial charge in [0.15, 0.2) is 0 Å². The molecule has 0 heterocycles. The maximum Gasteiger partial charge on any atom is 0.229 e. The summed E-state index contributed by atoms with van der Waals surface area (Å²) in [5.74, 6) is 0.0381. The summed E-state index contributed by atoms with van der Waals surface area (Å²) < 4.78 is 0. The molecule has 0 fully saturated rings. The SMILES string of the molecule is CN(CCO)C(=O)C1C=CC=CC1. The standard InChI is InChI=1S/C10H15NO2/c1-11(7-8-12)10(13)9-5-3-2-4-6-9/h2-5,9,12H,6-8H2,1H3. The number of carbonyl (C=O) groups excluding carboxylic acids is 1. The third kappa shape index (κ3) is 2.70. The zero-order chi connectivity index (χ0) is 9.68. The second kappa shape index (κ2) is 4.82. The maximum atomic E-state index is 11.6. The molecule has 0 bridgehead atoms. The number of carbonyl (C=O) groups is 1. The van der Waals surface area contributed by atoms with Crippen molar-refractivity contribution in [3.8, 4) is 0 Å². The Morgan fingerprint density at radius 1 is 1.62 bits per heavy atom. The average molecular weight is 181 g/mol. The van der Waals surface area contributed by atoms with Crippen LogP contribution in [0.25, 0.3) is 0 Å². The summed E-state index contributed by atoms with van der Waals surface area (Å²) in [6.07, 6.45) is 8.48. The van der Waals surface area contributed by atoms with Crippen molar-refractivity contribution < 1.29 is 9.90 Å². The number of amides is 1. The van der Waals surface area contributed by atoms with Gasteiger partial charge in [0.05, 0.1) is 12.5 Å².